The van der Waals surface area contributed by atoms with E-state index in [1.54, 1.807) is 20.3 Å². The van der Waals surface area contributed by atoms with E-state index in [0.29, 0.717) is 12.3 Å². The fraction of sp³-hybridized carbons (Fsp3) is 0.455. The van der Waals surface area contributed by atoms with E-state index in [2.05, 4.69) is 21.9 Å². The molecular weight excluding hydrogens is 356 g/mol. The van der Waals surface area contributed by atoms with E-state index in [9.17, 15) is 10.2 Å². The number of aliphatic hydroxyl groups is 1. The topological polar surface area (TPSA) is 65.4 Å². The van der Waals surface area contributed by atoms with Gasteiger partial charge in [0.1, 0.15) is 5.75 Å². The number of rotatable bonds is 8. The summed E-state index contributed by atoms with van der Waals surface area (Å²) in [4.78, 5) is 4.75. The van der Waals surface area contributed by atoms with Gasteiger partial charge in [-0.25, -0.2) is 0 Å². The van der Waals surface area contributed by atoms with E-state index in [1.165, 1.54) is 5.56 Å². The Labute approximate surface area is 166 Å². The molecule has 3 rings (SSSR count). The number of hydrogen-bond acceptors (Lipinski definition) is 6. The molecule has 6 nitrogen and oxygen atoms in total. The van der Waals surface area contributed by atoms with Gasteiger partial charge in [0.15, 0.2) is 11.5 Å². The van der Waals surface area contributed by atoms with Gasteiger partial charge >= 0.3 is 0 Å². The lowest BCUT2D eigenvalue weighted by Crippen LogP contribution is -2.52. The molecule has 0 spiro atoms. The molecule has 2 N–H and O–H groups in total. The van der Waals surface area contributed by atoms with Crippen LogP contribution in [0, 0.1) is 0 Å². The zero-order chi connectivity index (χ0) is 19.9. The third kappa shape index (κ3) is 4.95. The Bertz CT molecular complexity index is 768. The van der Waals surface area contributed by atoms with Crippen molar-refractivity contribution in [3.63, 3.8) is 0 Å². The van der Waals surface area contributed by atoms with Gasteiger partial charge in [-0.05, 0) is 30.2 Å². The Hall–Kier alpha value is -2.28. The molecule has 1 fully saturated rings. The van der Waals surface area contributed by atoms with Gasteiger partial charge in [0.2, 0.25) is 0 Å². The van der Waals surface area contributed by atoms with Gasteiger partial charge in [-0.15, -0.1) is 0 Å². The second-order valence-corrected chi connectivity index (χ2v) is 7.19. The third-order valence-electron chi connectivity index (χ3n) is 5.37. The number of aromatic hydroxyl groups is 1. The first-order valence-corrected chi connectivity index (χ1v) is 9.69. The van der Waals surface area contributed by atoms with Crippen molar-refractivity contribution >= 4 is 0 Å². The summed E-state index contributed by atoms with van der Waals surface area (Å²) in [5.74, 6) is 1.58. The Morgan fingerprint density at radius 1 is 1.04 bits per heavy atom. The molecule has 0 radical (unpaired) electrons. The molecule has 1 heterocycles. The molecule has 0 aromatic heterocycles. The number of aliphatic hydroxyl groups excluding tert-OH is 1. The Morgan fingerprint density at radius 2 is 1.86 bits per heavy atom. The lowest BCUT2D eigenvalue weighted by molar-refractivity contribution is 0.0495. The fourth-order valence-electron chi connectivity index (χ4n) is 3.84. The molecule has 1 saturated heterocycles. The third-order valence-corrected chi connectivity index (χ3v) is 5.37. The Morgan fingerprint density at radius 3 is 2.61 bits per heavy atom. The van der Waals surface area contributed by atoms with Crippen LogP contribution in [0.25, 0.3) is 0 Å². The number of methoxy groups -OCH3 is 2. The number of phenols is 1. The van der Waals surface area contributed by atoms with Crippen LogP contribution in [0.1, 0.15) is 17.5 Å². The normalized spacial score (nSPS) is 18.2. The average molecular weight is 386 g/mol. The summed E-state index contributed by atoms with van der Waals surface area (Å²) in [6.07, 6.45) is 0.727. The molecule has 2 aromatic carbocycles. The van der Waals surface area contributed by atoms with Crippen molar-refractivity contribution in [1.29, 1.82) is 0 Å². The molecular formula is C22H30N2O4. The number of ether oxygens (including phenoxy) is 2. The summed E-state index contributed by atoms with van der Waals surface area (Å²) >= 11 is 0. The number of phenolic OH excluding ortho intramolecular Hbond substituents is 1. The molecule has 1 aliphatic rings. The fourth-order valence-corrected chi connectivity index (χ4v) is 3.84. The molecule has 1 aliphatic heterocycles. The molecule has 0 saturated carbocycles. The quantitative estimate of drug-likeness (QED) is 0.727. The van der Waals surface area contributed by atoms with Crippen LogP contribution in [0.3, 0.4) is 0 Å². The van der Waals surface area contributed by atoms with Gasteiger partial charge in [-0.1, -0.05) is 24.3 Å². The van der Waals surface area contributed by atoms with Crippen LogP contribution in [0.4, 0.5) is 0 Å². The Kier molecular flexibility index (Phi) is 7.14. The summed E-state index contributed by atoms with van der Waals surface area (Å²) in [7, 11) is 3.24. The highest BCUT2D eigenvalue weighted by Crippen LogP contribution is 2.31. The summed E-state index contributed by atoms with van der Waals surface area (Å²) < 4.78 is 10.5. The van der Waals surface area contributed by atoms with Crippen LogP contribution in [-0.2, 0) is 13.1 Å². The highest BCUT2D eigenvalue weighted by molar-refractivity contribution is 5.45. The molecule has 6 heteroatoms. The number of piperazine rings is 1. The van der Waals surface area contributed by atoms with Gasteiger partial charge in [0.25, 0.3) is 0 Å². The predicted octanol–water partition coefficient (Wildman–Crippen LogP) is 2.48. The van der Waals surface area contributed by atoms with Crippen LogP contribution < -0.4 is 9.47 Å². The maximum atomic E-state index is 10.4. The standard InChI is InChI=1S/C22H30N2O4/c1-27-20-7-3-5-17(13-20)14-24-11-10-23(16-19(24)9-12-25)15-18-6-4-8-21(28-2)22(18)26/h3-8,13,19,25-26H,9-12,14-16H2,1-2H3. The maximum Gasteiger partial charge on any atom is 0.162 e. The largest absolute Gasteiger partial charge is 0.504 e. The second-order valence-electron chi connectivity index (χ2n) is 7.19. The van der Waals surface area contributed by atoms with E-state index in [0.717, 1.165) is 43.9 Å². The van der Waals surface area contributed by atoms with Gasteiger partial charge < -0.3 is 19.7 Å². The van der Waals surface area contributed by atoms with Crippen LogP contribution >= 0.6 is 0 Å². The van der Waals surface area contributed by atoms with Crippen LogP contribution in [-0.4, -0.2) is 66.5 Å². The van der Waals surface area contributed by atoms with Crippen molar-refractivity contribution in [3.05, 3.63) is 53.6 Å². The van der Waals surface area contributed by atoms with Gasteiger partial charge in [-0.3, -0.25) is 9.80 Å². The molecule has 2 aromatic rings. The summed E-state index contributed by atoms with van der Waals surface area (Å²) in [6.45, 7) is 4.33. The zero-order valence-corrected chi connectivity index (χ0v) is 16.7. The van der Waals surface area contributed by atoms with E-state index in [4.69, 9.17) is 9.47 Å². The molecule has 28 heavy (non-hydrogen) atoms. The number of benzene rings is 2. The molecule has 1 unspecified atom stereocenters. The van der Waals surface area contributed by atoms with E-state index >= 15 is 0 Å². The average Bonchev–Trinajstić information content (AvgIpc) is 2.72. The highest BCUT2D eigenvalue weighted by atomic mass is 16.5. The minimum absolute atomic E-state index is 0.164. The minimum atomic E-state index is 0.164. The summed E-state index contributed by atoms with van der Waals surface area (Å²) in [5.41, 5.74) is 2.07. The summed E-state index contributed by atoms with van der Waals surface area (Å²) in [5, 5.41) is 19.9. The molecule has 152 valence electrons. The lowest BCUT2D eigenvalue weighted by atomic mass is 10.1. The summed E-state index contributed by atoms with van der Waals surface area (Å²) in [6, 6.07) is 14.0. The van der Waals surface area contributed by atoms with Crippen molar-refractivity contribution < 1.29 is 19.7 Å². The van der Waals surface area contributed by atoms with E-state index < -0.39 is 0 Å². The molecule has 0 aliphatic carbocycles. The SMILES string of the molecule is COc1cccc(CN2CCN(Cc3cccc(OC)c3O)CC2CCO)c1. The van der Waals surface area contributed by atoms with Gasteiger partial charge in [0.05, 0.1) is 14.2 Å². The van der Waals surface area contributed by atoms with Crippen LogP contribution in [0.15, 0.2) is 42.5 Å². The Balaban J connectivity index is 1.66. The first-order valence-electron chi connectivity index (χ1n) is 9.69. The number of hydrogen-bond donors (Lipinski definition) is 2. The van der Waals surface area contributed by atoms with Crippen molar-refractivity contribution in [3.8, 4) is 17.2 Å². The van der Waals surface area contributed by atoms with Gasteiger partial charge in [-0.2, -0.15) is 0 Å². The molecule has 0 bridgehead atoms. The monoisotopic (exact) mass is 386 g/mol. The van der Waals surface area contributed by atoms with Crippen molar-refractivity contribution in [2.75, 3.05) is 40.5 Å². The van der Waals surface area contributed by atoms with Crippen molar-refractivity contribution in [1.82, 2.24) is 9.80 Å². The zero-order valence-electron chi connectivity index (χ0n) is 16.7. The van der Waals surface area contributed by atoms with Crippen molar-refractivity contribution in [2.45, 2.75) is 25.6 Å². The predicted molar refractivity (Wildman–Crippen MR) is 109 cm³/mol. The van der Waals surface area contributed by atoms with Crippen molar-refractivity contribution in [2.24, 2.45) is 0 Å². The first kappa shape index (κ1) is 20.5. The minimum Gasteiger partial charge on any atom is -0.504 e. The molecule has 0 amide bonds. The second kappa shape index (κ2) is 9.78. The smallest absolute Gasteiger partial charge is 0.162 e. The highest BCUT2D eigenvalue weighted by Gasteiger charge is 2.27. The lowest BCUT2D eigenvalue weighted by Gasteiger charge is -2.41. The number of para-hydroxylation sites is 1. The van der Waals surface area contributed by atoms with E-state index in [1.807, 2.05) is 24.3 Å². The van der Waals surface area contributed by atoms with Crippen LogP contribution in [0.2, 0.25) is 0 Å². The first-order chi connectivity index (χ1) is 13.6. The maximum absolute atomic E-state index is 10.4. The van der Waals surface area contributed by atoms with E-state index in [-0.39, 0.29) is 18.4 Å². The van der Waals surface area contributed by atoms with Gasteiger partial charge in [0, 0.05) is 50.9 Å². The molecule has 1 atom stereocenters. The van der Waals surface area contributed by atoms with Crippen LogP contribution in [0.5, 0.6) is 17.2 Å². The number of nitrogens with zero attached hydrogens (tertiary/aromatic N) is 2.